The van der Waals surface area contributed by atoms with E-state index in [0.29, 0.717) is 0 Å². The number of sulfone groups is 1. The van der Waals surface area contributed by atoms with Gasteiger partial charge in [-0.2, -0.15) is 0 Å². The van der Waals surface area contributed by atoms with Crippen molar-refractivity contribution < 1.29 is 8.42 Å². The lowest BCUT2D eigenvalue weighted by Crippen LogP contribution is -2.41. The number of thiazole rings is 1. The second kappa shape index (κ2) is 5.50. The van der Waals surface area contributed by atoms with Gasteiger partial charge in [-0.3, -0.25) is 0 Å². The van der Waals surface area contributed by atoms with Crippen LogP contribution in [0.4, 0.5) is 0 Å². The Bertz CT molecular complexity index is 551. The van der Waals surface area contributed by atoms with Crippen molar-refractivity contribution in [2.45, 2.75) is 57.4 Å². The third-order valence-electron chi connectivity index (χ3n) is 3.80. The van der Waals surface area contributed by atoms with Crippen molar-refractivity contribution >= 4 is 21.2 Å². The van der Waals surface area contributed by atoms with E-state index in [1.165, 1.54) is 11.1 Å². The van der Waals surface area contributed by atoms with Gasteiger partial charge in [0.1, 0.15) is 0 Å². The fourth-order valence-corrected chi connectivity index (χ4v) is 5.32. The maximum atomic E-state index is 11.8. The first kappa shape index (κ1) is 14.9. The number of nitrogens with one attached hydrogen (secondary N) is 1. The van der Waals surface area contributed by atoms with Crippen molar-refractivity contribution in [2.75, 3.05) is 6.26 Å². The third kappa shape index (κ3) is 3.35. The molecule has 3 unspecified atom stereocenters. The molecule has 0 radical (unpaired) electrons. The van der Waals surface area contributed by atoms with Gasteiger partial charge in [-0.1, -0.05) is 6.42 Å². The van der Waals surface area contributed by atoms with Crippen LogP contribution in [0.5, 0.6) is 0 Å². The lowest BCUT2D eigenvalue weighted by atomic mass is 10.2. The van der Waals surface area contributed by atoms with E-state index in [4.69, 9.17) is 0 Å². The highest BCUT2D eigenvalue weighted by Crippen LogP contribution is 2.30. The summed E-state index contributed by atoms with van der Waals surface area (Å²) < 4.78 is 23.6. The molecule has 1 saturated carbocycles. The van der Waals surface area contributed by atoms with Gasteiger partial charge >= 0.3 is 0 Å². The Balaban J connectivity index is 2.10. The Labute approximate surface area is 119 Å². The minimum Gasteiger partial charge on any atom is -0.305 e. The van der Waals surface area contributed by atoms with Crippen molar-refractivity contribution in [3.05, 3.63) is 15.6 Å². The summed E-state index contributed by atoms with van der Waals surface area (Å²) in [6.07, 6.45) is 4.07. The molecule has 0 saturated heterocycles. The molecule has 0 bridgehead atoms. The van der Waals surface area contributed by atoms with E-state index >= 15 is 0 Å². The molecule has 6 heteroatoms. The van der Waals surface area contributed by atoms with Crippen LogP contribution in [0.1, 0.15) is 47.8 Å². The van der Waals surface area contributed by atoms with E-state index in [9.17, 15) is 8.42 Å². The number of hydrogen-bond donors (Lipinski definition) is 1. The zero-order valence-corrected chi connectivity index (χ0v) is 13.6. The van der Waals surface area contributed by atoms with Gasteiger partial charge < -0.3 is 5.32 Å². The molecule has 1 heterocycles. The van der Waals surface area contributed by atoms with E-state index in [1.807, 2.05) is 13.8 Å². The number of rotatable bonds is 4. The molecule has 0 aromatic carbocycles. The molecular formula is C13H22N2O2S2. The zero-order chi connectivity index (χ0) is 14.2. The van der Waals surface area contributed by atoms with Crippen LogP contribution in [0.15, 0.2) is 0 Å². The highest BCUT2D eigenvalue weighted by Gasteiger charge is 2.35. The average Bonchev–Trinajstić information content (AvgIpc) is 2.84. The molecule has 2 rings (SSSR count). The van der Waals surface area contributed by atoms with Crippen molar-refractivity contribution in [1.29, 1.82) is 0 Å². The van der Waals surface area contributed by atoms with Crippen molar-refractivity contribution in [1.82, 2.24) is 10.3 Å². The van der Waals surface area contributed by atoms with Crippen LogP contribution in [0.3, 0.4) is 0 Å². The van der Waals surface area contributed by atoms with Crippen LogP contribution >= 0.6 is 11.3 Å². The lowest BCUT2D eigenvalue weighted by molar-refractivity contribution is 0.458. The van der Waals surface area contributed by atoms with Crippen molar-refractivity contribution in [3.63, 3.8) is 0 Å². The summed E-state index contributed by atoms with van der Waals surface area (Å²) in [4.78, 5) is 5.65. The lowest BCUT2D eigenvalue weighted by Gasteiger charge is -2.23. The Kier molecular flexibility index (Phi) is 4.32. The summed E-state index contributed by atoms with van der Waals surface area (Å²) in [5.41, 5.74) is 1.05. The predicted octanol–water partition coefficient (Wildman–Crippen LogP) is 2.38. The zero-order valence-electron chi connectivity index (χ0n) is 11.9. The number of aryl methyl sites for hydroxylation is 2. The molecule has 1 fully saturated rings. The second-order valence-electron chi connectivity index (χ2n) is 5.48. The molecule has 1 aliphatic rings. The van der Waals surface area contributed by atoms with Crippen LogP contribution in [-0.2, 0) is 9.84 Å². The molecule has 3 atom stereocenters. The highest BCUT2D eigenvalue weighted by atomic mass is 32.2. The molecule has 0 amide bonds. The van der Waals surface area contributed by atoms with Gasteiger partial charge in [0.25, 0.3) is 0 Å². The summed E-state index contributed by atoms with van der Waals surface area (Å²) >= 11 is 1.69. The van der Waals surface area contributed by atoms with Gasteiger partial charge in [-0.25, -0.2) is 13.4 Å². The summed E-state index contributed by atoms with van der Waals surface area (Å²) in [5, 5.41) is 4.33. The second-order valence-corrected chi connectivity index (χ2v) is 8.98. The molecule has 0 aliphatic heterocycles. The first-order valence-electron chi connectivity index (χ1n) is 6.68. The van der Waals surface area contributed by atoms with Gasteiger partial charge in [0, 0.05) is 23.2 Å². The summed E-state index contributed by atoms with van der Waals surface area (Å²) in [6.45, 7) is 6.11. The quantitative estimate of drug-likeness (QED) is 0.927. The van der Waals surface area contributed by atoms with Crippen LogP contribution in [0.2, 0.25) is 0 Å². The van der Waals surface area contributed by atoms with E-state index in [-0.39, 0.29) is 17.3 Å². The number of nitrogens with zero attached hydrogens (tertiary/aromatic N) is 1. The highest BCUT2D eigenvalue weighted by molar-refractivity contribution is 7.91. The Morgan fingerprint density at radius 1 is 1.37 bits per heavy atom. The normalized spacial score (nSPS) is 25.7. The van der Waals surface area contributed by atoms with Crippen molar-refractivity contribution in [2.24, 2.45) is 0 Å². The maximum Gasteiger partial charge on any atom is 0.151 e. The van der Waals surface area contributed by atoms with Gasteiger partial charge in [0.2, 0.25) is 0 Å². The van der Waals surface area contributed by atoms with Crippen LogP contribution in [0, 0.1) is 13.8 Å². The molecule has 4 nitrogen and oxygen atoms in total. The fraction of sp³-hybridized carbons (Fsp3) is 0.769. The van der Waals surface area contributed by atoms with Gasteiger partial charge in [0.15, 0.2) is 9.84 Å². The summed E-state index contributed by atoms with van der Waals surface area (Å²) in [5.74, 6) is 0. The molecule has 1 aliphatic carbocycles. The molecule has 1 aromatic rings. The number of aromatic nitrogens is 1. The number of hydrogen-bond acceptors (Lipinski definition) is 5. The minimum atomic E-state index is -2.96. The molecule has 1 aromatic heterocycles. The first-order chi connectivity index (χ1) is 8.79. The largest absolute Gasteiger partial charge is 0.305 e. The predicted molar refractivity (Wildman–Crippen MR) is 79.4 cm³/mol. The van der Waals surface area contributed by atoms with E-state index in [1.54, 1.807) is 11.3 Å². The molecule has 0 spiro atoms. The Hall–Kier alpha value is -0.460. The SMILES string of the molecule is Cc1nc(C)c(C(C)NC2CCCC2S(C)(=O)=O)s1. The summed E-state index contributed by atoms with van der Waals surface area (Å²) in [6, 6.07) is 0.241. The monoisotopic (exact) mass is 302 g/mol. The maximum absolute atomic E-state index is 11.8. The third-order valence-corrected chi connectivity index (χ3v) is 6.72. The van der Waals surface area contributed by atoms with Crippen molar-refractivity contribution in [3.8, 4) is 0 Å². The van der Waals surface area contributed by atoms with Gasteiger partial charge in [-0.15, -0.1) is 11.3 Å². The van der Waals surface area contributed by atoms with Crippen LogP contribution in [-0.4, -0.2) is 30.9 Å². The molecule has 108 valence electrons. The summed E-state index contributed by atoms with van der Waals surface area (Å²) in [7, 11) is -2.96. The van der Waals surface area contributed by atoms with Gasteiger partial charge in [-0.05, 0) is 33.6 Å². The first-order valence-corrected chi connectivity index (χ1v) is 9.45. The minimum absolute atomic E-state index is 0.0757. The van der Waals surface area contributed by atoms with Gasteiger partial charge in [0.05, 0.1) is 16.0 Å². The van der Waals surface area contributed by atoms with E-state index in [2.05, 4.69) is 17.2 Å². The van der Waals surface area contributed by atoms with Crippen LogP contribution in [0.25, 0.3) is 0 Å². The smallest absolute Gasteiger partial charge is 0.151 e. The average molecular weight is 302 g/mol. The topological polar surface area (TPSA) is 59.1 Å². The molecule has 1 N–H and O–H groups in total. The Morgan fingerprint density at radius 2 is 2.05 bits per heavy atom. The standard InChI is InChI=1S/C13H22N2O2S2/c1-8-13(18-10(3)14-8)9(2)15-11-6-5-7-12(11)19(4,16)17/h9,11-12,15H,5-7H2,1-4H3. The Morgan fingerprint density at radius 3 is 2.58 bits per heavy atom. The molecule has 19 heavy (non-hydrogen) atoms. The van der Waals surface area contributed by atoms with E-state index in [0.717, 1.165) is 30.0 Å². The molecular weight excluding hydrogens is 280 g/mol. The van der Waals surface area contributed by atoms with E-state index < -0.39 is 9.84 Å². The fourth-order valence-electron chi connectivity index (χ4n) is 2.97. The van der Waals surface area contributed by atoms with Crippen LogP contribution < -0.4 is 5.32 Å².